The van der Waals surface area contributed by atoms with Crippen LogP contribution in [0.25, 0.3) is 0 Å². The van der Waals surface area contributed by atoms with Gasteiger partial charge in [-0.25, -0.2) is 0 Å². The molecule has 1 aromatic heterocycles. The van der Waals surface area contributed by atoms with Gasteiger partial charge >= 0.3 is 0 Å². The van der Waals surface area contributed by atoms with Gasteiger partial charge < -0.3 is 20.0 Å². The van der Waals surface area contributed by atoms with Gasteiger partial charge in [0.25, 0.3) is 5.91 Å². The first-order chi connectivity index (χ1) is 12.1. The summed E-state index contributed by atoms with van der Waals surface area (Å²) in [4.78, 5) is 25.7. The van der Waals surface area contributed by atoms with Crippen molar-refractivity contribution in [1.82, 2.24) is 15.5 Å². The lowest BCUT2D eigenvalue weighted by Gasteiger charge is -2.14. The van der Waals surface area contributed by atoms with Crippen molar-refractivity contribution in [1.29, 1.82) is 0 Å². The molecule has 6 heteroatoms. The van der Waals surface area contributed by atoms with Crippen molar-refractivity contribution < 1.29 is 14.0 Å². The van der Waals surface area contributed by atoms with E-state index >= 15 is 0 Å². The number of nitrogens with zero attached hydrogens (tertiary/aromatic N) is 1. The Morgan fingerprint density at radius 2 is 1.80 bits per heavy atom. The molecule has 0 spiro atoms. The van der Waals surface area contributed by atoms with E-state index in [1.807, 2.05) is 32.3 Å². The highest BCUT2D eigenvalue weighted by molar-refractivity contribution is 5.91. The van der Waals surface area contributed by atoms with Crippen LogP contribution in [0.3, 0.4) is 0 Å². The zero-order chi connectivity index (χ0) is 18.1. The van der Waals surface area contributed by atoms with E-state index in [9.17, 15) is 9.59 Å². The highest BCUT2D eigenvalue weighted by Gasteiger charge is 2.08. The van der Waals surface area contributed by atoms with Crippen molar-refractivity contribution >= 4 is 11.8 Å². The second-order valence-electron chi connectivity index (χ2n) is 6.12. The molecule has 134 valence electrons. The Morgan fingerprint density at radius 1 is 1.04 bits per heavy atom. The van der Waals surface area contributed by atoms with E-state index in [-0.39, 0.29) is 17.6 Å². The molecule has 2 N–H and O–H groups in total. The van der Waals surface area contributed by atoms with Crippen LogP contribution in [-0.4, -0.2) is 37.4 Å². The molecule has 0 aliphatic rings. The summed E-state index contributed by atoms with van der Waals surface area (Å²) in [6, 6.07) is 11.4. The second-order valence-corrected chi connectivity index (χ2v) is 6.12. The highest BCUT2D eigenvalue weighted by Crippen LogP contribution is 2.10. The third kappa shape index (κ3) is 6.43. The molecular formula is C19H25N3O3. The van der Waals surface area contributed by atoms with Gasteiger partial charge in [-0.1, -0.05) is 24.3 Å². The fourth-order valence-corrected chi connectivity index (χ4v) is 2.45. The van der Waals surface area contributed by atoms with Crippen molar-refractivity contribution in [3.8, 4) is 0 Å². The molecule has 0 radical (unpaired) electrons. The van der Waals surface area contributed by atoms with E-state index in [2.05, 4.69) is 21.6 Å². The van der Waals surface area contributed by atoms with Crippen molar-refractivity contribution in [3.05, 3.63) is 59.5 Å². The van der Waals surface area contributed by atoms with E-state index in [4.69, 9.17) is 4.42 Å². The van der Waals surface area contributed by atoms with Crippen LogP contribution in [0.15, 0.2) is 47.1 Å². The van der Waals surface area contributed by atoms with Crippen LogP contribution >= 0.6 is 0 Å². The van der Waals surface area contributed by atoms with Gasteiger partial charge in [0.2, 0.25) is 5.91 Å². The topological polar surface area (TPSA) is 74.6 Å². The average molecular weight is 343 g/mol. The van der Waals surface area contributed by atoms with Gasteiger partial charge in [-0.05, 0) is 43.8 Å². The quantitative estimate of drug-likeness (QED) is 0.684. The van der Waals surface area contributed by atoms with Gasteiger partial charge in [-0.15, -0.1) is 0 Å². The van der Waals surface area contributed by atoms with Crippen molar-refractivity contribution in [2.45, 2.75) is 25.9 Å². The number of carbonyl (C=O) groups is 2. The van der Waals surface area contributed by atoms with Gasteiger partial charge in [0.05, 0.1) is 6.26 Å². The normalized spacial score (nSPS) is 10.7. The van der Waals surface area contributed by atoms with Gasteiger partial charge in [0.1, 0.15) is 0 Å². The summed E-state index contributed by atoms with van der Waals surface area (Å²) in [7, 11) is 4.04. The van der Waals surface area contributed by atoms with E-state index in [0.717, 1.165) is 12.1 Å². The van der Waals surface area contributed by atoms with Crippen molar-refractivity contribution in [2.24, 2.45) is 0 Å². The van der Waals surface area contributed by atoms with Crippen LogP contribution in [-0.2, 0) is 17.9 Å². The molecule has 2 rings (SSSR count). The zero-order valence-electron chi connectivity index (χ0n) is 14.7. The van der Waals surface area contributed by atoms with E-state index in [1.54, 1.807) is 12.1 Å². The molecule has 0 aliphatic carbocycles. The number of hydrogen-bond acceptors (Lipinski definition) is 4. The first-order valence-electron chi connectivity index (χ1n) is 8.36. The monoisotopic (exact) mass is 343 g/mol. The summed E-state index contributed by atoms with van der Waals surface area (Å²) in [6.07, 6.45) is 2.41. The van der Waals surface area contributed by atoms with Gasteiger partial charge in [-0.2, -0.15) is 0 Å². The standard InChI is InChI=1S/C19H25N3O3/c1-22(2)14-16-8-4-3-7-15(16)13-21-18(23)10-5-11-20-19(24)17-9-6-12-25-17/h3-4,6-9,12H,5,10-11,13-14H2,1-2H3,(H,20,24)(H,21,23). The average Bonchev–Trinajstić information content (AvgIpc) is 3.12. The minimum Gasteiger partial charge on any atom is -0.459 e. The Hall–Kier alpha value is -2.60. The van der Waals surface area contributed by atoms with Gasteiger partial charge in [0.15, 0.2) is 5.76 Å². The molecule has 1 heterocycles. The Morgan fingerprint density at radius 3 is 2.48 bits per heavy atom. The fraction of sp³-hybridized carbons (Fsp3) is 0.368. The number of carbonyl (C=O) groups excluding carboxylic acids is 2. The molecule has 25 heavy (non-hydrogen) atoms. The van der Waals surface area contributed by atoms with Crippen LogP contribution in [0.4, 0.5) is 0 Å². The van der Waals surface area contributed by atoms with Crippen LogP contribution in [0, 0.1) is 0 Å². The summed E-state index contributed by atoms with van der Waals surface area (Å²) in [5.41, 5.74) is 2.33. The van der Waals surface area contributed by atoms with Crippen LogP contribution in [0.5, 0.6) is 0 Å². The van der Waals surface area contributed by atoms with Crippen LogP contribution < -0.4 is 10.6 Å². The molecule has 0 bridgehead atoms. The molecule has 0 fully saturated rings. The van der Waals surface area contributed by atoms with Gasteiger partial charge in [0, 0.05) is 26.1 Å². The third-order valence-corrected chi connectivity index (χ3v) is 3.69. The van der Waals surface area contributed by atoms with E-state index in [1.165, 1.54) is 11.8 Å². The van der Waals surface area contributed by atoms with E-state index in [0.29, 0.717) is 25.9 Å². The number of rotatable bonds is 9. The number of nitrogens with one attached hydrogen (secondary N) is 2. The summed E-state index contributed by atoms with van der Waals surface area (Å²) in [6.45, 7) is 1.79. The predicted molar refractivity (Wildman–Crippen MR) is 96.0 cm³/mol. The summed E-state index contributed by atoms with van der Waals surface area (Å²) in [5, 5.41) is 5.67. The number of hydrogen-bond donors (Lipinski definition) is 2. The lowest BCUT2D eigenvalue weighted by atomic mass is 10.1. The Kier molecular flexibility index (Phi) is 7.22. The first kappa shape index (κ1) is 18.7. The number of furan rings is 1. The molecule has 1 aromatic carbocycles. The highest BCUT2D eigenvalue weighted by atomic mass is 16.3. The molecule has 6 nitrogen and oxygen atoms in total. The predicted octanol–water partition coefficient (Wildman–Crippen LogP) is 2.17. The number of benzene rings is 1. The Bertz CT molecular complexity index is 681. The van der Waals surface area contributed by atoms with Crippen molar-refractivity contribution in [2.75, 3.05) is 20.6 Å². The molecule has 2 amide bonds. The minimum absolute atomic E-state index is 0.0214. The lowest BCUT2D eigenvalue weighted by Crippen LogP contribution is -2.27. The molecule has 0 saturated carbocycles. The summed E-state index contributed by atoms with van der Waals surface area (Å²) < 4.78 is 5.00. The minimum atomic E-state index is -0.261. The maximum absolute atomic E-state index is 12.0. The second kappa shape index (κ2) is 9.64. The summed E-state index contributed by atoms with van der Waals surface area (Å²) in [5.74, 6) is -0.00289. The SMILES string of the molecule is CN(C)Cc1ccccc1CNC(=O)CCCNC(=O)c1ccco1. The molecule has 2 aromatic rings. The third-order valence-electron chi connectivity index (χ3n) is 3.69. The van der Waals surface area contributed by atoms with Crippen LogP contribution in [0.2, 0.25) is 0 Å². The maximum Gasteiger partial charge on any atom is 0.286 e. The number of amides is 2. The Labute approximate surface area is 148 Å². The van der Waals surface area contributed by atoms with Gasteiger partial charge in [-0.3, -0.25) is 9.59 Å². The van der Waals surface area contributed by atoms with Crippen molar-refractivity contribution in [3.63, 3.8) is 0 Å². The molecule has 0 unspecified atom stereocenters. The molecule has 0 atom stereocenters. The molecule has 0 aliphatic heterocycles. The maximum atomic E-state index is 12.0. The molecular weight excluding hydrogens is 318 g/mol. The smallest absolute Gasteiger partial charge is 0.286 e. The lowest BCUT2D eigenvalue weighted by molar-refractivity contribution is -0.121. The summed E-state index contributed by atoms with van der Waals surface area (Å²) >= 11 is 0. The first-order valence-corrected chi connectivity index (χ1v) is 8.36. The zero-order valence-corrected chi connectivity index (χ0v) is 14.7. The van der Waals surface area contributed by atoms with Crippen LogP contribution in [0.1, 0.15) is 34.5 Å². The fourth-order valence-electron chi connectivity index (χ4n) is 2.45. The van der Waals surface area contributed by atoms with E-state index < -0.39 is 0 Å². The largest absolute Gasteiger partial charge is 0.459 e. The Balaban J connectivity index is 1.68. The molecule has 0 saturated heterocycles.